The minimum Gasteiger partial charge on any atom is -0.467 e. The fourth-order valence-corrected chi connectivity index (χ4v) is 5.20. The van der Waals surface area contributed by atoms with Gasteiger partial charge in [0.1, 0.15) is 35.9 Å². The molecule has 0 bridgehead atoms. The highest BCUT2D eigenvalue weighted by atomic mass is 32.2. The summed E-state index contributed by atoms with van der Waals surface area (Å²) < 4.78 is 58.7. The van der Waals surface area contributed by atoms with Gasteiger partial charge >= 0.3 is 0 Å². The number of benzene rings is 1. The largest absolute Gasteiger partial charge is 0.467 e. The van der Waals surface area contributed by atoms with Crippen molar-refractivity contribution in [2.75, 3.05) is 26.2 Å². The number of rotatable bonds is 9. The monoisotopic (exact) mass is 532 g/mol. The Kier molecular flexibility index (Phi) is 6.87. The van der Waals surface area contributed by atoms with Crippen molar-refractivity contribution in [3.63, 3.8) is 0 Å². The van der Waals surface area contributed by atoms with Gasteiger partial charge in [0.25, 0.3) is 0 Å². The number of hydrogen-bond acceptors (Lipinski definition) is 11. The third-order valence-corrected chi connectivity index (χ3v) is 7.01. The minimum absolute atomic E-state index is 0.0435. The lowest BCUT2D eigenvalue weighted by Gasteiger charge is -2.24. The Hall–Kier alpha value is -3.14. The molecule has 0 spiro atoms. The van der Waals surface area contributed by atoms with E-state index in [0.29, 0.717) is 22.5 Å². The van der Waals surface area contributed by atoms with Crippen molar-refractivity contribution >= 4 is 33.1 Å². The first-order chi connectivity index (χ1) is 17.7. The molecular formula is C23H28N6O7S. The van der Waals surface area contributed by atoms with E-state index in [-0.39, 0.29) is 19.2 Å². The van der Waals surface area contributed by atoms with Crippen molar-refractivity contribution in [2.24, 2.45) is 0 Å². The Balaban J connectivity index is 1.32. The summed E-state index contributed by atoms with van der Waals surface area (Å²) in [5.41, 5.74) is 7.42. The maximum Gasteiger partial charge on any atom is 0.233 e. The molecule has 2 saturated heterocycles. The van der Waals surface area contributed by atoms with Crippen LogP contribution in [0.25, 0.3) is 17.2 Å². The standard InChI is InChI=1S/C23H28N6O7S/c1-23(2)35-18-16(10-28-37(30,31)9-8-14-6-4-5-7-15(14)33-13-32-3)34-22(19(18)36-23)29-12-27-17-20(24)25-11-26-21(17)29/h4-9,11-12,16,18-19,22,28H,10,13H2,1-3H3,(H2,24,25,26)/b9-8+/t16-,18-,19-,22-/m1/s1. The van der Waals surface area contributed by atoms with Gasteiger partial charge in [-0.2, -0.15) is 0 Å². The summed E-state index contributed by atoms with van der Waals surface area (Å²) in [6.45, 7) is 3.58. The summed E-state index contributed by atoms with van der Waals surface area (Å²) >= 11 is 0. The van der Waals surface area contributed by atoms with E-state index in [1.807, 2.05) is 0 Å². The van der Waals surface area contributed by atoms with E-state index in [4.69, 9.17) is 29.4 Å². The number of sulfonamides is 1. The van der Waals surface area contributed by atoms with Gasteiger partial charge in [-0.25, -0.2) is 28.1 Å². The Morgan fingerprint density at radius 2 is 1.97 bits per heavy atom. The number of aromatic nitrogens is 4. The average Bonchev–Trinajstić information content (AvgIpc) is 3.52. The molecule has 2 aromatic heterocycles. The van der Waals surface area contributed by atoms with Crippen molar-refractivity contribution in [1.82, 2.24) is 24.2 Å². The second-order valence-electron chi connectivity index (χ2n) is 9.00. The summed E-state index contributed by atoms with van der Waals surface area (Å²) in [6.07, 6.45) is 1.97. The van der Waals surface area contributed by atoms with Gasteiger partial charge in [-0.15, -0.1) is 0 Å². The van der Waals surface area contributed by atoms with E-state index in [0.717, 1.165) is 5.41 Å². The van der Waals surface area contributed by atoms with E-state index in [9.17, 15) is 8.42 Å². The molecule has 4 heterocycles. The van der Waals surface area contributed by atoms with Gasteiger partial charge in [-0.05, 0) is 26.0 Å². The average molecular weight is 533 g/mol. The summed E-state index contributed by atoms with van der Waals surface area (Å²) in [4.78, 5) is 12.5. The number of nitrogen functional groups attached to an aromatic ring is 1. The third-order valence-electron chi connectivity index (χ3n) is 5.95. The first-order valence-corrected chi connectivity index (χ1v) is 13.0. The number of nitrogens with zero attached hydrogens (tertiary/aromatic N) is 4. The second kappa shape index (κ2) is 9.96. The smallest absolute Gasteiger partial charge is 0.233 e. The molecule has 2 aliphatic heterocycles. The number of para-hydroxylation sites is 1. The molecule has 0 unspecified atom stereocenters. The number of nitrogens with two attached hydrogens (primary N) is 1. The van der Waals surface area contributed by atoms with Gasteiger partial charge in [0, 0.05) is 24.6 Å². The fourth-order valence-electron chi connectivity index (χ4n) is 4.38. The Labute approximate surface area is 213 Å². The molecule has 1 aromatic carbocycles. The quantitative estimate of drug-likeness (QED) is 0.383. The van der Waals surface area contributed by atoms with E-state index >= 15 is 0 Å². The highest BCUT2D eigenvalue weighted by molar-refractivity contribution is 7.92. The van der Waals surface area contributed by atoms with Crippen LogP contribution in [-0.2, 0) is 29.0 Å². The lowest BCUT2D eigenvalue weighted by atomic mass is 10.1. The fraction of sp³-hybridized carbons (Fsp3) is 0.435. The van der Waals surface area contributed by atoms with Crippen molar-refractivity contribution in [3.8, 4) is 5.75 Å². The molecule has 0 aliphatic carbocycles. The predicted octanol–water partition coefficient (Wildman–Crippen LogP) is 1.40. The Morgan fingerprint density at radius 1 is 1.19 bits per heavy atom. The summed E-state index contributed by atoms with van der Waals surface area (Å²) in [5, 5.41) is 1.07. The van der Waals surface area contributed by atoms with Crippen LogP contribution in [0, 0.1) is 0 Å². The number of imidazole rings is 1. The molecule has 3 aromatic rings. The van der Waals surface area contributed by atoms with Crippen LogP contribution in [0.15, 0.2) is 42.3 Å². The summed E-state index contributed by atoms with van der Waals surface area (Å²) in [7, 11) is -2.32. The maximum atomic E-state index is 12.8. The van der Waals surface area contributed by atoms with Crippen LogP contribution in [0.2, 0.25) is 0 Å². The Bertz CT molecular complexity index is 1410. The van der Waals surface area contributed by atoms with Crippen molar-refractivity contribution in [3.05, 3.63) is 47.9 Å². The van der Waals surface area contributed by atoms with Crippen LogP contribution in [0.5, 0.6) is 5.75 Å². The number of nitrogens with one attached hydrogen (secondary N) is 1. The lowest BCUT2D eigenvalue weighted by Crippen LogP contribution is -2.39. The topological polar surface area (TPSA) is 162 Å². The van der Waals surface area contributed by atoms with E-state index in [2.05, 4.69) is 19.7 Å². The van der Waals surface area contributed by atoms with Crippen LogP contribution >= 0.6 is 0 Å². The number of methoxy groups -OCH3 is 1. The van der Waals surface area contributed by atoms with Gasteiger partial charge in [-0.1, -0.05) is 18.2 Å². The zero-order valence-electron chi connectivity index (χ0n) is 20.5. The molecule has 3 N–H and O–H groups in total. The van der Waals surface area contributed by atoms with Gasteiger partial charge < -0.3 is 29.4 Å². The van der Waals surface area contributed by atoms with E-state index < -0.39 is 40.4 Å². The number of hydrogen-bond donors (Lipinski definition) is 2. The molecule has 2 aliphatic rings. The first kappa shape index (κ1) is 25.5. The number of ether oxygens (including phenoxy) is 5. The molecule has 4 atom stereocenters. The molecule has 0 radical (unpaired) electrons. The Morgan fingerprint density at radius 3 is 2.78 bits per heavy atom. The van der Waals surface area contributed by atoms with Crippen LogP contribution in [0.3, 0.4) is 0 Å². The summed E-state index contributed by atoms with van der Waals surface area (Å²) in [5.74, 6) is -0.145. The zero-order chi connectivity index (χ0) is 26.2. The second-order valence-corrected chi connectivity index (χ2v) is 10.6. The van der Waals surface area contributed by atoms with Crippen molar-refractivity contribution in [1.29, 1.82) is 0 Å². The number of fused-ring (bicyclic) bond motifs is 2. The summed E-state index contributed by atoms with van der Waals surface area (Å²) in [6, 6.07) is 7.03. The van der Waals surface area contributed by atoms with Gasteiger partial charge in [0.15, 0.2) is 30.3 Å². The molecule has 14 heteroatoms. The molecule has 198 valence electrons. The molecule has 2 fully saturated rings. The van der Waals surface area contributed by atoms with Crippen molar-refractivity contribution < 1.29 is 32.1 Å². The van der Waals surface area contributed by atoms with Gasteiger partial charge in [0.2, 0.25) is 10.0 Å². The molecule has 13 nitrogen and oxygen atoms in total. The molecule has 5 rings (SSSR count). The van der Waals surface area contributed by atoms with Gasteiger partial charge in [0.05, 0.1) is 6.33 Å². The highest BCUT2D eigenvalue weighted by Gasteiger charge is 2.56. The molecule has 0 amide bonds. The minimum atomic E-state index is -3.82. The van der Waals surface area contributed by atoms with Crippen LogP contribution in [0.1, 0.15) is 25.6 Å². The molecule has 37 heavy (non-hydrogen) atoms. The molecular weight excluding hydrogens is 504 g/mol. The third kappa shape index (κ3) is 5.30. The van der Waals surface area contributed by atoms with E-state index in [1.165, 1.54) is 19.5 Å². The van der Waals surface area contributed by atoms with Crippen LogP contribution in [0.4, 0.5) is 5.82 Å². The first-order valence-electron chi connectivity index (χ1n) is 11.5. The predicted molar refractivity (Wildman–Crippen MR) is 132 cm³/mol. The highest BCUT2D eigenvalue weighted by Crippen LogP contribution is 2.43. The normalized spacial score (nSPS) is 25.2. The van der Waals surface area contributed by atoms with Gasteiger partial charge in [-0.3, -0.25) is 4.57 Å². The van der Waals surface area contributed by atoms with E-state index in [1.54, 1.807) is 49.0 Å². The zero-order valence-corrected chi connectivity index (χ0v) is 21.3. The van der Waals surface area contributed by atoms with Crippen molar-refractivity contribution in [2.45, 2.75) is 44.2 Å². The maximum absolute atomic E-state index is 12.8. The lowest BCUT2D eigenvalue weighted by molar-refractivity contribution is -0.195. The van der Waals surface area contributed by atoms with Crippen LogP contribution in [-0.4, -0.2) is 72.5 Å². The molecule has 0 saturated carbocycles. The van der Waals surface area contributed by atoms with Crippen LogP contribution < -0.4 is 15.2 Å². The number of anilines is 1. The SMILES string of the molecule is COCOc1ccccc1/C=C/S(=O)(=O)NC[C@H]1O[C@@H](n2cnc3c(N)ncnc32)[C@@H]2OC(C)(C)O[C@@H]21.